The van der Waals surface area contributed by atoms with E-state index >= 15 is 0 Å². The fourth-order valence-electron chi connectivity index (χ4n) is 2.98. The van der Waals surface area contributed by atoms with Gasteiger partial charge in [0, 0.05) is 19.2 Å². The lowest BCUT2D eigenvalue weighted by Gasteiger charge is -2.30. The Morgan fingerprint density at radius 2 is 2.08 bits per heavy atom. The second kappa shape index (κ2) is 6.43. The Hall–Kier alpha value is -3.49. The SMILES string of the molecule is NC(=O)c1noc(Cn2ncc(N3CCc4ccccc4C3)cc2=O)n1. The first-order valence-corrected chi connectivity index (χ1v) is 8.11. The molecule has 26 heavy (non-hydrogen) atoms. The molecule has 0 saturated heterocycles. The van der Waals surface area contributed by atoms with Crippen LogP contribution in [0.15, 0.2) is 45.8 Å². The predicted octanol–water partition coefficient (Wildman–Crippen LogP) is 0.336. The van der Waals surface area contributed by atoms with Crippen molar-refractivity contribution in [2.45, 2.75) is 19.5 Å². The van der Waals surface area contributed by atoms with Gasteiger partial charge in [-0.15, -0.1) is 0 Å². The maximum Gasteiger partial charge on any atom is 0.290 e. The van der Waals surface area contributed by atoms with Crippen molar-refractivity contribution in [3.63, 3.8) is 0 Å². The Morgan fingerprint density at radius 1 is 1.27 bits per heavy atom. The monoisotopic (exact) mass is 352 g/mol. The van der Waals surface area contributed by atoms with Crippen LogP contribution in [-0.2, 0) is 19.5 Å². The van der Waals surface area contributed by atoms with Crippen LogP contribution in [0.25, 0.3) is 0 Å². The third-order valence-corrected chi connectivity index (χ3v) is 4.32. The molecule has 3 heterocycles. The molecule has 1 aliphatic heterocycles. The third-order valence-electron chi connectivity index (χ3n) is 4.32. The first-order valence-electron chi connectivity index (χ1n) is 8.11. The number of rotatable bonds is 4. The summed E-state index contributed by atoms with van der Waals surface area (Å²) in [5.41, 5.74) is 8.15. The topological polar surface area (TPSA) is 120 Å². The molecule has 0 unspecified atom stereocenters. The van der Waals surface area contributed by atoms with Crippen LogP contribution in [-0.4, -0.2) is 32.4 Å². The van der Waals surface area contributed by atoms with Crippen LogP contribution in [0.3, 0.4) is 0 Å². The Kier molecular flexibility index (Phi) is 3.96. The van der Waals surface area contributed by atoms with E-state index in [1.54, 1.807) is 6.20 Å². The molecule has 0 spiro atoms. The number of fused-ring (bicyclic) bond motifs is 1. The smallest absolute Gasteiger partial charge is 0.290 e. The number of nitrogens with two attached hydrogens (primary N) is 1. The molecule has 132 valence electrons. The molecule has 9 nitrogen and oxygen atoms in total. The van der Waals surface area contributed by atoms with E-state index in [0.29, 0.717) is 0 Å². The molecular formula is C17H16N6O3. The first-order chi connectivity index (χ1) is 12.6. The molecule has 0 atom stereocenters. The average Bonchev–Trinajstić information content (AvgIpc) is 3.12. The fraction of sp³-hybridized carbons (Fsp3) is 0.235. The minimum atomic E-state index is -0.791. The van der Waals surface area contributed by atoms with Crippen LogP contribution < -0.4 is 16.2 Å². The third kappa shape index (κ3) is 3.06. The van der Waals surface area contributed by atoms with E-state index in [2.05, 4.69) is 32.3 Å². The van der Waals surface area contributed by atoms with E-state index in [0.717, 1.165) is 25.2 Å². The van der Waals surface area contributed by atoms with Crippen LogP contribution in [0.5, 0.6) is 0 Å². The van der Waals surface area contributed by atoms with Crippen LogP contribution in [0, 0.1) is 0 Å². The van der Waals surface area contributed by atoms with Gasteiger partial charge in [0.2, 0.25) is 5.89 Å². The van der Waals surface area contributed by atoms with Crippen molar-refractivity contribution in [2.24, 2.45) is 5.73 Å². The molecule has 3 aromatic rings. The van der Waals surface area contributed by atoms with Crippen molar-refractivity contribution in [3.8, 4) is 0 Å². The second-order valence-electron chi connectivity index (χ2n) is 6.03. The number of amides is 1. The van der Waals surface area contributed by atoms with E-state index in [1.807, 2.05) is 12.1 Å². The molecule has 0 saturated carbocycles. The number of anilines is 1. The molecule has 2 N–H and O–H groups in total. The minimum absolute atomic E-state index is 0.0256. The first kappa shape index (κ1) is 16.0. The summed E-state index contributed by atoms with van der Waals surface area (Å²) in [6, 6.07) is 9.82. The minimum Gasteiger partial charge on any atom is -0.365 e. The average molecular weight is 352 g/mol. The number of hydrogen-bond donors (Lipinski definition) is 1. The van der Waals surface area contributed by atoms with Gasteiger partial charge in [-0.1, -0.05) is 29.4 Å². The number of carbonyl (C=O) groups excluding carboxylic acids is 1. The fourth-order valence-corrected chi connectivity index (χ4v) is 2.98. The molecule has 0 fully saturated rings. The normalized spacial score (nSPS) is 13.5. The lowest BCUT2D eigenvalue weighted by Crippen LogP contribution is -2.32. The van der Waals surface area contributed by atoms with E-state index in [1.165, 1.54) is 21.9 Å². The summed E-state index contributed by atoms with van der Waals surface area (Å²) >= 11 is 0. The van der Waals surface area contributed by atoms with Gasteiger partial charge in [-0.2, -0.15) is 10.1 Å². The summed E-state index contributed by atoms with van der Waals surface area (Å²) in [4.78, 5) is 29.3. The van der Waals surface area contributed by atoms with Crippen molar-refractivity contribution >= 4 is 11.6 Å². The van der Waals surface area contributed by atoms with E-state index in [4.69, 9.17) is 10.3 Å². The van der Waals surface area contributed by atoms with Crippen molar-refractivity contribution in [1.29, 1.82) is 0 Å². The summed E-state index contributed by atoms with van der Waals surface area (Å²) in [6.07, 6.45) is 2.57. The van der Waals surface area contributed by atoms with E-state index < -0.39 is 5.91 Å². The van der Waals surface area contributed by atoms with Gasteiger partial charge >= 0.3 is 0 Å². The highest BCUT2D eigenvalue weighted by molar-refractivity contribution is 5.88. The molecule has 1 amide bonds. The predicted molar refractivity (Wildman–Crippen MR) is 91.6 cm³/mol. The van der Waals surface area contributed by atoms with Crippen molar-refractivity contribution < 1.29 is 9.32 Å². The maximum absolute atomic E-state index is 12.4. The molecular weight excluding hydrogens is 336 g/mol. The summed E-state index contributed by atoms with van der Waals surface area (Å²) in [6.45, 7) is 1.54. The molecule has 2 aromatic heterocycles. The maximum atomic E-state index is 12.4. The van der Waals surface area contributed by atoms with Crippen LogP contribution in [0.1, 0.15) is 27.6 Å². The lowest BCUT2D eigenvalue weighted by molar-refractivity contribution is 0.0987. The van der Waals surface area contributed by atoms with Gasteiger partial charge in [0.25, 0.3) is 17.3 Å². The standard InChI is InChI=1S/C17H16N6O3/c18-16(25)17-20-14(26-21-17)10-23-15(24)7-13(8-19-23)22-6-5-11-3-1-2-4-12(11)9-22/h1-4,7-8H,5-6,9-10H2,(H2,18,25). The zero-order valence-electron chi connectivity index (χ0n) is 13.8. The number of nitrogens with zero attached hydrogens (tertiary/aromatic N) is 5. The molecule has 0 bridgehead atoms. The zero-order chi connectivity index (χ0) is 18.1. The summed E-state index contributed by atoms with van der Waals surface area (Å²) in [5.74, 6) is -0.925. The van der Waals surface area contributed by atoms with Gasteiger partial charge in [0.05, 0.1) is 11.9 Å². The number of primary amides is 1. The van der Waals surface area contributed by atoms with E-state index in [9.17, 15) is 9.59 Å². The van der Waals surface area contributed by atoms with Crippen molar-refractivity contribution in [1.82, 2.24) is 19.9 Å². The summed E-state index contributed by atoms with van der Waals surface area (Å²) in [7, 11) is 0. The van der Waals surface area contributed by atoms with Crippen molar-refractivity contribution in [2.75, 3.05) is 11.4 Å². The number of carbonyl (C=O) groups is 1. The van der Waals surface area contributed by atoms with Gasteiger partial charge in [-0.3, -0.25) is 9.59 Å². The van der Waals surface area contributed by atoms with Gasteiger partial charge in [0.1, 0.15) is 6.54 Å². The Balaban J connectivity index is 1.53. The molecule has 0 aliphatic carbocycles. The number of hydrogen-bond acceptors (Lipinski definition) is 7. The lowest BCUT2D eigenvalue weighted by atomic mass is 10.00. The Bertz CT molecular complexity index is 1030. The van der Waals surface area contributed by atoms with Gasteiger partial charge in [-0.05, 0) is 17.5 Å². The number of aromatic nitrogens is 4. The quantitative estimate of drug-likeness (QED) is 0.718. The number of benzene rings is 1. The molecule has 1 aromatic carbocycles. The van der Waals surface area contributed by atoms with Crippen LogP contribution in [0.4, 0.5) is 5.69 Å². The zero-order valence-corrected chi connectivity index (χ0v) is 13.8. The molecule has 0 radical (unpaired) electrons. The van der Waals surface area contributed by atoms with Gasteiger partial charge < -0.3 is 15.2 Å². The Morgan fingerprint density at radius 3 is 2.81 bits per heavy atom. The molecule has 4 rings (SSSR count). The summed E-state index contributed by atoms with van der Waals surface area (Å²) < 4.78 is 6.09. The van der Waals surface area contributed by atoms with E-state index in [-0.39, 0.29) is 23.8 Å². The largest absolute Gasteiger partial charge is 0.365 e. The second-order valence-corrected chi connectivity index (χ2v) is 6.03. The molecule has 9 heteroatoms. The molecule has 1 aliphatic rings. The van der Waals surface area contributed by atoms with Crippen molar-refractivity contribution in [3.05, 3.63) is 69.7 Å². The Labute approximate surface area is 148 Å². The summed E-state index contributed by atoms with van der Waals surface area (Å²) in [5, 5.41) is 7.62. The van der Waals surface area contributed by atoms with Crippen LogP contribution >= 0.6 is 0 Å². The highest BCUT2D eigenvalue weighted by Gasteiger charge is 2.18. The van der Waals surface area contributed by atoms with Gasteiger partial charge in [-0.25, -0.2) is 4.68 Å². The van der Waals surface area contributed by atoms with Gasteiger partial charge in [0.15, 0.2) is 0 Å². The highest BCUT2D eigenvalue weighted by atomic mass is 16.5. The highest BCUT2D eigenvalue weighted by Crippen LogP contribution is 2.22. The van der Waals surface area contributed by atoms with Crippen LogP contribution in [0.2, 0.25) is 0 Å².